The van der Waals surface area contributed by atoms with Crippen LogP contribution in [0.5, 0.6) is 0 Å². The first-order valence-corrected chi connectivity index (χ1v) is 7.17. The zero-order valence-electron chi connectivity index (χ0n) is 11.7. The molecule has 5 rings (SSSR count). The fourth-order valence-corrected chi connectivity index (χ4v) is 4.06. The van der Waals surface area contributed by atoms with E-state index in [2.05, 4.69) is 0 Å². The fourth-order valence-electron chi connectivity index (χ4n) is 4.06. The number of carbonyl (C=O) groups excluding carboxylic acids is 2. The Morgan fingerprint density at radius 3 is 2.81 bits per heavy atom. The number of esters is 2. The summed E-state index contributed by atoms with van der Waals surface area (Å²) in [4.78, 5) is 24.2. The van der Waals surface area contributed by atoms with E-state index in [-0.39, 0.29) is 18.2 Å². The Morgan fingerprint density at radius 2 is 2.05 bits per heavy atom. The maximum Gasteiger partial charge on any atom is 0.342 e. The van der Waals surface area contributed by atoms with E-state index < -0.39 is 23.5 Å². The van der Waals surface area contributed by atoms with Gasteiger partial charge in [0.2, 0.25) is 0 Å². The minimum Gasteiger partial charge on any atom is -0.452 e. The molecule has 0 aliphatic carbocycles. The molecule has 3 saturated heterocycles. The molecule has 0 aromatic carbocycles. The zero-order chi connectivity index (χ0) is 14.6. The molecule has 6 heteroatoms. The normalized spacial score (nSPS) is 49.6. The molecule has 5 aliphatic rings. The van der Waals surface area contributed by atoms with Gasteiger partial charge in [-0.05, 0) is 38.3 Å². The van der Waals surface area contributed by atoms with Gasteiger partial charge >= 0.3 is 11.9 Å². The topological polar surface area (TPSA) is 74.4 Å². The van der Waals surface area contributed by atoms with Gasteiger partial charge in [0, 0.05) is 5.57 Å². The van der Waals surface area contributed by atoms with E-state index in [1.165, 1.54) is 0 Å². The van der Waals surface area contributed by atoms with Crippen LogP contribution in [-0.4, -0.2) is 41.6 Å². The molecule has 0 N–H and O–H groups in total. The van der Waals surface area contributed by atoms with Crippen molar-refractivity contribution >= 4 is 11.9 Å². The van der Waals surface area contributed by atoms with Crippen molar-refractivity contribution in [3.05, 3.63) is 22.8 Å². The van der Waals surface area contributed by atoms with Gasteiger partial charge in [0.05, 0.1) is 11.7 Å². The van der Waals surface area contributed by atoms with E-state index in [1.54, 1.807) is 6.92 Å². The Hall–Kier alpha value is -1.66. The molecular formula is C15H14O6. The number of ether oxygens (including phenoxy) is 4. The number of hydrogen-bond acceptors (Lipinski definition) is 6. The van der Waals surface area contributed by atoms with E-state index in [0.717, 1.165) is 5.57 Å². The number of carbonyl (C=O) groups is 2. The minimum atomic E-state index is -1.22. The summed E-state index contributed by atoms with van der Waals surface area (Å²) in [6.45, 7) is 3.63. The third-order valence-electron chi connectivity index (χ3n) is 5.23. The maximum atomic E-state index is 12.2. The molecule has 110 valence electrons. The summed E-state index contributed by atoms with van der Waals surface area (Å²) < 4.78 is 22.8. The summed E-state index contributed by atoms with van der Waals surface area (Å²) in [5, 5.41) is 0. The molecule has 0 amide bonds. The van der Waals surface area contributed by atoms with Crippen LogP contribution in [-0.2, 0) is 28.5 Å². The molecule has 1 spiro atoms. The lowest BCUT2D eigenvalue weighted by molar-refractivity contribution is -0.192. The van der Waals surface area contributed by atoms with Crippen molar-refractivity contribution in [1.29, 1.82) is 0 Å². The molecule has 21 heavy (non-hydrogen) atoms. The van der Waals surface area contributed by atoms with Crippen LogP contribution in [0.3, 0.4) is 0 Å². The quantitative estimate of drug-likeness (QED) is 0.372. The van der Waals surface area contributed by atoms with Crippen molar-refractivity contribution in [2.45, 2.75) is 56.4 Å². The van der Waals surface area contributed by atoms with Crippen LogP contribution >= 0.6 is 0 Å². The van der Waals surface area contributed by atoms with Crippen LogP contribution in [0, 0.1) is 0 Å². The van der Waals surface area contributed by atoms with Crippen LogP contribution in [0.4, 0.5) is 0 Å². The second-order valence-electron chi connectivity index (χ2n) is 6.38. The van der Waals surface area contributed by atoms with Gasteiger partial charge in [0.1, 0.15) is 6.10 Å². The summed E-state index contributed by atoms with van der Waals surface area (Å²) >= 11 is 0. The van der Waals surface area contributed by atoms with Gasteiger partial charge < -0.3 is 18.9 Å². The van der Waals surface area contributed by atoms with Crippen LogP contribution in [0.25, 0.3) is 0 Å². The van der Waals surface area contributed by atoms with Crippen molar-refractivity contribution in [1.82, 2.24) is 0 Å². The highest BCUT2D eigenvalue weighted by Crippen LogP contribution is 2.58. The molecule has 0 radical (unpaired) electrons. The van der Waals surface area contributed by atoms with Crippen LogP contribution in [0.1, 0.15) is 26.7 Å². The van der Waals surface area contributed by atoms with Crippen LogP contribution < -0.4 is 0 Å². The molecular weight excluding hydrogens is 276 g/mol. The second kappa shape index (κ2) is 3.23. The van der Waals surface area contributed by atoms with Crippen LogP contribution in [0.15, 0.2) is 22.8 Å². The zero-order valence-corrected chi connectivity index (χ0v) is 11.7. The van der Waals surface area contributed by atoms with Gasteiger partial charge in [-0.25, -0.2) is 9.59 Å². The van der Waals surface area contributed by atoms with E-state index in [1.807, 2.05) is 13.0 Å². The lowest BCUT2D eigenvalue weighted by atomic mass is 9.89. The van der Waals surface area contributed by atoms with Gasteiger partial charge in [0.25, 0.3) is 5.79 Å². The summed E-state index contributed by atoms with van der Waals surface area (Å²) in [6, 6.07) is 0. The van der Waals surface area contributed by atoms with Gasteiger partial charge in [-0.15, -0.1) is 0 Å². The van der Waals surface area contributed by atoms with Crippen molar-refractivity contribution in [3.63, 3.8) is 0 Å². The van der Waals surface area contributed by atoms with Crippen molar-refractivity contribution in [2.24, 2.45) is 0 Å². The number of epoxide rings is 1. The fraction of sp³-hybridized carbons (Fsp3) is 0.600. The Bertz CT molecular complexity index is 676. The highest BCUT2D eigenvalue weighted by Gasteiger charge is 2.76. The highest BCUT2D eigenvalue weighted by molar-refractivity contribution is 5.94. The molecule has 0 aromatic rings. The molecule has 0 unspecified atom stereocenters. The average Bonchev–Trinajstić information content (AvgIpc) is 2.90. The van der Waals surface area contributed by atoms with Crippen molar-refractivity contribution in [3.8, 4) is 0 Å². The first kappa shape index (κ1) is 11.9. The lowest BCUT2D eigenvalue weighted by Gasteiger charge is -2.29. The number of fused-ring (bicyclic) bond motifs is 2. The number of rotatable bonds is 0. The first-order valence-electron chi connectivity index (χ1n) is 7.17. The summed E-state index contributed by atoms with van der Waals surface area (Å²) in [5.41, 5.74) is 1.22. The molecule has 5 aliphatic heterocycles. The Kier molecular flexibility index (Phi) is 1.83. The summed E-state index contributed by atoms with van der Waals surface area (Å²) in [5.74, 6) is -1.97. The Balaban J connectivity index is 1.73. The largest absolute Gasteiger partial charge is 0.452 e. The maximum absolute atomic E-state index is 12.2. The third-order valence-corrected chi connectivity index (χ3v) is 5.23. The van der Waals surface area contributed by atoms with Gasteiger partial charge in [0.15, 0.2) is 11.7 Å². The minimum absolute atomic E-state index is 0.162. The monoisotopic (exact) mass is 290 g/mol. The van der Waals surface area contributed by atoms with E-state index >= 15 is 0 Å². The van der Waals surface area contributed by atoms with Crippen molar-refractivity contribution in [2.75, 3.05) is 0 Å². The summed E-state index contributed by atoms with van der Waals surface area (Å²) in [6.07, 6.45) is 1.97. The molecule has 0 saturated carbocycles. The third kappa shape index (κ3) is 1.18. The molecule has 0 aromatic heterocycles. The molecule has 5 atom stereocenters. The van der Waals surface area contributed by atoms with E-state index in [0.29, 0.717) is 24.0 Å². The van der Waals surface area contributed by atoms with E-state index in [9.17, 15) is 9.59 Å². The van der Waals surface area contributed by atoms with Gasteiger partial charge in [-0.1, -0.05) is 0 Å². The smallest absolute Gasteiger partial charge is 0.342 e. The highest BCUT2D eigenvalue weighted by atomic mass is 16.7. The standard InChI is InChI=1S/C15H14O6/c1-6-5-15-9(7(2)12(16)21-15)10-11-14(20-11,13(17)18-10)4-3-8(6)19-15/h5,8,10-11H,3-4H2,1-2H3/t8-,10+,11-,14+,15+/m1/s1. The molecule has 4 bridgehead atoms. The Morgan fingerprint density at radius 1 is 1.24 bits per heavy atom. The first-order chi connectivity index (χ1) is 9.97. The van der Waals surface area contributed by atoms with Crippen LogP contribution in [0.2, 0.25) is 0 Å². The summed E-state index contributed by atoms with van der Waals surface area (Å²) in [7, 11) is 0. The van der Waals surface area contributed by atoms with Gasteiger partial charge in [-0.2, -0.15) is 0 Å². The number of hydrogen-bond donors (Lipinski definition) is 0. The van der Waals surface area contributed by atoms with E-state index in [4.69, 9.17) is 18.9 Å². The molecule has 5 heterocycles. The Labute approximate surface area is 120 Å². The van der Waals surface area contributed by atoms with Gasteiger partial charge in [-0.3, -0.25) is 0 Å². The lowest BCUT2D eigenvalue weighted by Crippen LogP contribution is -2.39. The van der Waals surface area contributed by atoms with Crippen molar-refractivity contribution < 1.29 is 28.5 Å². The molecule has 6 nitrogen and oxygen atoms in total. The second-order valence-corrected chi connectivity index (χ2v) is 6.38. The average molecular weight is 290 g/mol. The predicted octanol–water partition coefficient (Wildman–Crippen LogP) is 0.758. The SMILES string of the molecule is CC1=C[C@]23OC(=O)C(C)=C2[C@@H]2OC(=O)[C@@]4(CC[C@H]1O3)O[C@H]24. The molecule has 3 fully saturated rings. The predicted molar refractivity (Wildman–Crippen MR) is 66.9 cm³/mol.